The van der Waals surface area contributed by atoms with Crippen molar-refractivity contribution in [3.8, 4) is 0 Å². The van der Waals surface area contributed by atoms with Crippen molar-refractivity contribution in [2.75, 3.05) is 12.9 Å². The summed E-state index contributed by atoms with van der Waals surface area (Å²) in [6.07, 6.45) is 0. The lowest BCUT2D eigenvalue weighted by atomic mass is 9.98. The van der Waals surface area contributed by atoms with Crippen molar-refractivity contribution in [3.63, 3.8) is 0 Å². The van der Waals surface area contributed by atoms with E-state index >= 15 is 0 Å². The van der Waals surface area contributed by atoms with Crippen LogP contribution in [0, 0.1) is 0 Å². The van der Waals surface area contributed by atoms with Gasteiger partial charge >= 0.3 is 0 Å². The molecule has 3 rings (SSSR count). The van der Waals surface area contributed by atoms with Gasteiger partial charge in [-0.3, -0.25) is 4.79 Å². The minimum absolute atomic E-state index is 0.106. The van der Waals surface area contributed by atoms with Crippen LogP contribution in [0.4, 0.5) is 0 Å². The number of hydrogen-bond donors (Lipinski definition) is 0. The Kier molecular flexibility index (Phi) is 3.61. The molecule has 0 fully saturated rings. The molecule has 0 atom stereocenters. The third-order valence-corrected chi connectivity index (χ3v) is 4.34. The zero-order chi connectivity index (χ0) is 13.9. The fraction of sp³-hybridized carbons (Fsp3) is 0.118. The molecule has 1 aliphatic rings. The van der Waals surface area contributed by atoms with Crippen LogP contribution in [0.15, 0.2) is 59.5 Å². The molecule has 100 valence electrons. The number of ketones is 1. The zero-order valence-corrected chi connectivity index (χ0v) is 11.9. The summed E-state index contributed by atoms with van der Waals surface area (Å²) in [5.41, 5.74) is 2.57. The first-order chi connectivity index (χ1) is 9.81. The van der Waals surface area contributed by atoms with E-state index in [9.17, 15) is 4.79 Å². The van der Waals surface area contributed by atoms with Crippen LogP contribution >= 0.6 is 11.8 Å². The van der Waals surface area contributed by atoms with Crippen LogP contribution in [-0.2, 0) is 9.53 Å². The van der Waals surface area contributed by atoms with Gasteiger partial charge in [-0.2, -0.15) is 0 Å². The van der Waals surface area contributed by atoms with Gasteiger partial charge in [-0.25, -0.2) is 0 Å². The van der Waals surface area contributed by atoms with E-state index in [1.807, 2.05) is 54.6 Å². The Morgan fingerprint density at radius 2 is 1.70 bits per heavy atom. The number of allylic oxidation sites excluding steroid dienone is 1. The van der Waals surface area contributed by atoms with E-state index < -0.39 is 0 Å². The Morgan fingerprint density at radius 1 is 1.00 bits per heavy atom. The average molecular weight is 282 g/mol. The van der Waals surface area contributed by atoms with Gasteiger partial charge < -0.3 is 4.74 Å². The summed E-state index contributed by atoms with van der Waals surface area (Å²) in [6.45, 7) is 0. The fourth-order valence-corrected chi connectivity index (χ4v) is 3.29. The van der Waals surface area contributed by atoms with Crippen LogP contribution in [0.5, 0.6) is 0 Å². The molecule has 1 aliphatic heterocycles. The van der Waals surface area contributed by atoms with E-state index in [0.29, 0.717) is 17.1 Å². The molecule has 3 heteroatoms. The summed E-state index contributed by atoms with van der Waals surface area (Å²) in [5.74, 6) is 1.21. The van der Waals surface area contributed by atoms with E-state index in [1.165, 1.54) is 0 Å². The number of benzene rings is 2. The number of carbonyl (C=O) groups is 1. The minimum Gasteiger partial charge on any atom is -0.495 e. The number of Topliss-reactive ketones (excluding diaryl/α,β-unsaturated/α-hetero) is 1. The predicted octanol–water partition coefficient (Wildman–Crippen LogP) is 3.88. The van der Waals surface area contributed by atoms with Crippen molar-refractivity contribution in [3.05, 3.63) is 65.7 Å². The summed E-state index contributed by atoms with van der Waals surface area (Å²) in [5, 5.41) is 0. The number of carbonyl (C=O) groups excluding carboxylic acids is 1. The largest absolute Gasteiger partial charge is 0.495 e. The first kappa shape index (κ1) is 13.0. The number of methoxy groups -OCH3 is 1. The van der Waals surface area contributed by atoms with Crippen LogP contribution in [0.2, 0.25) is 0 Å². The van der Waals surface area contributed by atoms with Gasteiger partial charge in [-0.15, -0.1) is 11.8 Å². The first-order valence-corrected chi connectivity index (χ1v) is 7.39. The SMILES string of the molecule is COC1=C(c2ccccc2)C(=O)CSc2ccccc21. The van der Waals surface area contributed by atoms with E-state index in [0.717, 1.165) is 16.0 Å². The molecule has 20 heavy (non-hydrogen) atoms. The Hall–Kier alpha value is -2.00. The van der Waals surface area contributed by atoms with Gasteiger partial charge in [0, 0.05) is 10.5 Å². The highest BCUT2D eigenvalue weighted by Gasteiger charge is 2.25. The molecule has 0 radical (unpaired) electrons. The molecule has 0 saturated heterocycles. The second-order valence-corrected chi connectivity index (χ2v) is 5.50. The predicted molar refractivity (Wildman–Crippen MR) is 82.4 cm³/mol. The van der Waals surface area contributed by atoms with Gasteiger partial charge in [0.15, 0.2) is 5.78 Å². The number of hydrogen-bond acceptors (Lipinski definition) is 3. The molecular formula is C17H14O2S. The molecule has 2 aromatic carbocycles. The molecule has 2 nitrogen and oxygen atoms in total. The van der Waals surface area contributed by atoms with Crippen molar-refractivity contribution < 1.29 is 9.53 Å². The first-order valence-electron chi connectivity index (χ1n) is 6.40. The van der Waals surface area contributed by atoms with Crippen molar-refractivity contribution in [1.82, 2.24) is 0 Å². The molecule has 0 amide bonds. The van der Waals surface area contributed by atoms with Crippen molar-refractivity contribution in [2.24, 2.45) is 0 Å². The second kappa shape index (κ2) is 5.55. The lowest BCUT2D eigenvalue weighted by Gasteiger charge is -2.12. The topological polar surface area (TPSA) is 26.3 Å². The van der Waals surface area contributed by atoms with Crippen molar-refractivity contribution in [1.29, 1.82) is 0 Å². The molecule has 0 aliphatic carbocycles. The van der Waals surface area contributed by atoms with Gasteiger partial charge in [-0.1, -0.05) is 48.5 Å². The summed E-state index contributed by atoms with van der Waals surface area (Å²) >= 11 is 1.56. The number of thioether (sulfide) groups is 1. The Balaban J connectivity index is 2.27. The highest BCUT2D eigenvalue weighted by atomic mass is 32.2. The van der Waals surface area contributed by atoms with E-state index in [4.69, 9.17) is 4.74 Å². The highest BCUT2D eigenvalue weighted by molar-refractivity contribution is 8.00. The smallest absolute Gasteiger partial charge is 0.177 e. The van der Waals surface area contributed by atoms with Gasteiger partial charge in [0.2, 0.25) is 0 Å². The molecule has 0 aromatic heterocycles. The number of rotatable bonds is 2. The quantitative estimate of drug-likeness (QED) is 0.836. The number of ether oxygens (including phenoxy) is 1. The average Bonchev–Trinajstić information content (AvgIpc) is 2.65. The molecular weight excluding hydrogens is 268 g/mol. The number of fused-ring (bicyclic) bond motifs is 1. The molecule has 0 spiro atoms. The zero-order valence-electron chi connectivity index (χ0n) is 11.1. The monoisotopic (exact) mass is 282 g/mol. The molecule has 1 heterocycles. The van der Waals surface area contributed by atoms with Crippen molar-refractivity contribution in [2.45, 2.75) is 4.90 Å². The van der Waals surface area contributed by atoms with Crippen LogP contribution in [0.1, 0.15) is 11.1 Å². The molecule has 0 saturated carbocycles. The van der Waals surface area contributed by atoms with Gasteiger partial charge in [0.25, 0.3) is 0 Å². The normalized spacial score (nSPS) is 14.8. The maximum atomic E-state index is 12.5. The van der Waals surface area contributed by atoms with E-state index in [2.05, 4.69) is 0 Å². The lowest BCUT2D eigenvalue weighted by molar-refractivity contribution is -0.111. The minimum atomic E-state index is 0.106. The van der Waals surface area contributed by atoms with E-state index in [1.54, 1.807) is 18.9 Å². The van der Waals surface area contributed by atoms with E-state index in [-0.39, 0.29) is 5.78 Å². The third-order valence-electron chi connectivity index (χ3n) is 3.26. The lowest BCUT2D eigenvalue weighted by Crippen LogP contribution is -2.06. The standard InChI is InChI=1S/C17H14O2S/c1-19-17-13-9-5-6-10-15(13)20-11-14(18)16(17)12-7-3-2-4-8-12/h2-10H,11H2,1H3. The summed E-state index contributed by atoms with van der Waals surface area (Å²) < 4.78 is 5.58. The maximum absolute atomic E-state index is 12.5. The van der Waals surface area contributed by atoms with Crippen LogP contribution in [0.3, 0.4) is 0 Å². The van der Waals surface area contributed by atoms with Crippen LogP contribution < -0.4 is 0 Å². The summed E-state index contributed by atoms with van der Waals surface area (Å²) in [4.78, 5) is 13.6. The highest BCUT2D eigenvalue weighted by Crippen LogP contribution is 2.38. The van der Waals surface area contributed by atoms with Crippen molar-refractivity contribution >= 4 is 28.9 Å². The van der Waals surface area contributed by atoms with Crippen LogP contribution in [-0.4, -0.2) is 18.6 Å². The van der Waals surface area contributed by atoms with Crippen LogP contribution in [0.25, 0.3) is 11.3 Å². The molecule has 0 bridgehead atoms. The molecule has 0 unspecified atom stereocenters. The molecule has 2 aromatic rings. The Labute approximate surface area is 122 Å². The fourth-order valence-electron chi connectivity index (χ4n) is 2.37. The molecule has 0 N–H and O–H groups in total. The summed E-state index contributed by atoms with van der Waals surface area (Å²) in [7, 11) is 1.62. The Bertz CT molecular complexity index is 674. The van der Waals surface area contributed by atoms with Gasteiger partial charge in [0.05, 0.1) is 18.4 Å². The third kappa shape index (κ3) is 2.25. The summed E-state index contributed by atoms with van der Waals surface area (Å²) in [6, 6.07) is 17.7. The van der Waals surface area contributed by atoms with Gasteiger partial charge in [-0.05, 0) is 11.6 Å². The Morgan fingerprint density at radius 3 is 2.45 bits per heavy atom. The second-order valence-electron chi connectivity index (χ2n) is 4.48. The van der Waals surface area contributed by atoms with Gasteiger partial charge in [0.1, 0.15) is 5.76 Å². The maximum Gasteiger partial charge on any atom is 0.177 e.